The summed E-state index contributed by atoms with van der Waals surface area (Å²) in [6.07, 6.45) is 0.807. The minimum Gasteiger partial charge on any atom is -0.465 e. The molecule has 0 amide bonds. The Hall–Kier alpha value is -1.06. The third-order valence-electron chi connectivity index (χ3n) is 2.63. The predicted molar refractivity (Wildman–Crippen MR) is 73.8 cm³/mol. The van der Waals surface area contributed by atoms with Crippen LogP contribution < -0.4 is 0 Å². The van der Waals surface area contributed by atoms with Crippen molar-refractivity contribution >= 4 is 17.6 Å². The monoisotopic (exact) mass is 269 g/mol. The number of halogens is 1. The van der Waals surface area contributed by atoms with Crippen LogP contribution in [0.2, 0.25) is 0 Å². The maximum absolute atomic E-state index is 11.3. The molecule has 4 heteroatoms. The van der Waals surface area contributed by atoms with Crippen LogP contribution in [0.4, 0.5) is 0 Å². The van der Waals surface area contributed by atoms with E-state index in [4.69, 9.17) is 16.3 Å². The van der Waals surface area contributed by atoms with Gasteiger partial charge in [-0.3, -0.25) is 9.69 Å². The molecule has 1 unspecified atom stereocenters. The Morgan fingerprint density at radius 3 is 2.67 bits per heavy atom. The highest BCUT2D eigenvalue weighted by atomic mass is 35.5. The van der Waals surface area contributed by atoms with Gasteiger partial charge in [-0.1, -0.05) is 30.3 Å². The van der Waals surface area contributed by atoms with E-state index in [9.17, 15) is 4.79 Å². The van der Waals surface area contributed by atoms with Gasteiger partial charge in [0.05, 0.1) is 18.5 Å². The summed E-state index contributed by atoms with van der Waals surface area (Å²) in [4.78, 5) is 13.2. The number of benzene rings is 1. The van der Waals surface area contributed by atoms with Crippen LogP contribution in [0.25, 0.3) is 0 Å². The highest BCUT2D eigenvalue weighted by Crippen LogP contribution is 2.23. The van der Waals surface area contributed by atoms with Crippen molar-refractivity contribution in [2.45, 2.75) is 18.7 Å². The zero-order chi connectivity index (χ0) is 13.4. The van der Waals surface area contributed by atoms with Crippen LogP contribution in [-0.4, -0.2) is 37.6 Å². The van der Waals surface area contributed by atoms with Crippen LogP contribution in [0.1, 0.15) is 24.3 Å². The Morgan fingerprint density at radius 2 is 2.06 bits per heavy atom. The lowest BCUT2D eigenvalue weighted by atomic mass is 10.1. The summed E-state index contributed by atoms with van der Waals surface area (Å²) in [5, 5.41) is -0.0177. The summed E-state index contributed by atoms with van der Waals surface area (Å²) in [6.45, 7) is 3.31. The topological polar surface area (TPSA) is 29.5 Å². The van der Waals surface area contributed by atoms with Gasteiger partial charge in [0.15, 0.2) is 0 Å². The number of esters is 1. The van der Waals surface area contributed by atoms with Gasteiger partial charge in [0.1, 0.15) is 0 Å². The Morgan fingerprint density at radius 1 is 1.39 bits per heavy atom. The molecule has 18 heavy (non-hydrogen) atoms. The van der Waals surface area contributed by atoms with Crippen LogP contribution >= 0.6 is 11.6 Å². The molecule has 0 spiro atoms. The molecule has 0 N–H and O–H groups in total. The number of carbonyl (C=O) groups is 1. The highest BCUT2D eigenvalue weighted by Gasteiger charge is 2.11. The van der Waals surface area contributed by atoms with Gasteiger partial charge in [0.2, 0.25) is 0 Å². The molecule has 0 radical (unpaired) electrons. The van der Waals surface area contributed by atoms with Crippen molar-refractivity contribution in [3.8, 4) is 0 Å². The molecular formula is C14H20ClNO2. The van der Waals surface area contributed by atoms with E-state index in [1.54, 1.807) is 0 Å². The molecule has 100 valence electrons. The molecule has 3 nitrogen and oxygen atoms in total. The number of hydrogen-bond donors (Lipinski definition) is 0. The van der Waals surface area contributed by atoms with Crippen molar-refractivity contribution in [2.75, 3.05) is 26.7 Å². The Balaban J connectivity index is 2.30. The smallest absolute Gasteiger partial charge is 0.320 e. The normalized spacial score (nSPS) is 12.4. The van der Waals surface area contributed by atoms with E-state index in [0.717, 1.165) is 18.5 Å². The van der Waals surface area contributed by atoms with Crippen LogP contribution in [0.15, 0.2) is 30.3 Å². The van der Waals surface area contributed by atoms with E-state index in [1.807, 2.05) is 49.2 Å². The van der Waals surface area contributed by atoms with E-state index in [2.05, 4.69) is 0 Å². The standard InChI is InChI=1S/C14H20ClNO2/c1-3-18-14(17)11-16(2)10-9-13(15)12-7-5-4-6-8-12/h4-8,13H,3,9-11H2,1-2H3. The van der Waals surface area contributed by atoms with Gasteiger partial charge in [-0.2, -0.15) is 0 Å². The quantitative estimate of drug-likeness (QED) is 0.563. The van der Waals surface area contributed by atoms with Gasteiger partial charge in [-0.15, -0.1) is 11.6 Å². The average Bonchev–Trinajstić information content (AvgIpc) is 2.37. The summed E-state index contributed by atoms with van der Waals surface area (Å²) < 4.78 is 4.89. The molecule has 0 heterocycles. The highest BCUT2D eigenvalue weighted by molar-refractivity contribution is 6.20. The number of rotatable bonds is 7. The fourth-order valence-corrected chi connectivity index (χ4v) is 1.91. The van der Waals surface area contributed by atoms with Crippen molar-refractivity contribution in [1.29, 1.82) is 0 Å². The molecular weight excluding hydrogens is 250 g/mol. The average molecular weight is 270 g/mol. The molecule has 0 saturated heterocycles. The van der Waals surface area contributed by atoms with Crippen molar-refractivity contribution in [3.05, 3.63) is 35.9 Å². The molecule has 1 atom stereocenters. The minimum atomic E-state index is -0.189. The summed E-state index contributed by atoms with van der Waals surface area (Å²) >= 11 is 6.31. The minimum absolute atomic E-state index is 0.0177. The predicted octanol–water partition coefficient (Wildman–Crippen LogP) is 2.85. The lowest BCUT2D eigenvalue weighted by Gasteiger charge is -2.17. The first kappa shape index (κ1) is 15.0. The van der Waals surface area contributed by atoms with Gasteiger partial charge < -0.3 is 4.74 Å². The molecule has 0 bridgehead atoms. The van der Waals surface area contributed by atoms with E-state index in [1.165, 1.54) is 0 Å². The molecule has 0 aliphatic heterocycles. The summed E-state index contributed by atoms with van der Waals surface area (Å²) in [5.41, 5.74) is 1.11. The zero-order valence-corrected chi connectivity index (χ0v) is 11.7. The number of alkyl halides is 1. The number of nitrogens with zero attached hydrogens (tertiary/aromatic N) is 1. The molecule has 1 rings (SSSR count). The first-order chi connectivity index (χ1) is 8.63. The van der Waals surface area contributed by atoms with Gasteiger partial charge in [-0.05, 0) is 26.0 Å². The summed E-state index contributed by atoms with van der Waals surface area (Å²) in [7, 11) is 1.89. The van der Waals surface area contributed by atoms with E-state index in [-0.39, 0.29) is 11.3 Å². The first-order valence-corrected chi connectivity index (χ1v) is 6.60. The number of carbonyl (C=O) groups excluding carboxylic acids is 1. The molecule has 0 saturated carbocycles. The summed E-state index contributed by atoms with van der Waals surface area (Å²) in [6, 6.07) is 9.96. The molecule has 1 aromatic rings. The summed E-state index contributed by atoms with van der Waals surface area (Å²) in [5.74, 6) is -0.189. The number of hydrogen-bond acceptors (Lipinski definition) is 3. The van der Waals surface area contributed by atoms with Crippen LogP contribution in [-0.2, 0) is 9.53 Å². The number of ether oxygens (including phenoxy) is 1. The van der Waals surface area contributed by atoms with Gasteiger partial charge in [0, 0.05) is 6.54 Å². The van der Waals surface area contributed by atoms with Crippen molar-refractivity contribution in [2.24, 2.45) is 0 Å². The third-order valence-corrected chi connectivity index (χ3v) is 3.10. The van der Waals surface area contributed by atoms with E-state index >= 15 is 0 Å². The molecule has 0 fully saturated rings. The maximum atomic E-state index is 11.3. The van der Waals surface area contributed by atoms with Gasteiger partial charge in [0.25, 0.3) is 0 Å². The Labute approximate surface area is 114 Å². The lowest BCUT2D eigenvalue weighted by molar-refractivity contribution is -0.144. The van der Waals surface area contributed by atoms with E-state index in [0.29, 0.717) is 13.2 Å². The second-order valence-electron chi connectivity index (χ2n) is 4.21. The van der Waals surface area contributed by atoms with Crippen LogP contribution in [0, 0.1) is 0 Å². The zero-order valence-electron chi connectivity index (χ0n) is 10.9. The second kappa shape index (κ2) is 8.11. The van der Waals surface area contributed by atoms with Crippen LogP contribution in [0.3, 0.4) is 0 Å². The number of likely N-dealkylation sites (N-methyl/N-ethyl adjacent to an activating group) is 1. The van der Waals surface area contributed by atoms with Crippen molar-refractivity contribution in [1.82, 2.24) is 4.90 Å². The van der Waals surface area contributed by atoms with Crippen LogP contribution in [0.5, 0.6) is 0 Å². The van der Waals surface area contributed by atoms with Gasteiger partial charge >= 0.3 is 5.97 Å². The van der Waals surface area contributed by atoms with Gasteiger partial charge in [-0.25, -0.2) is 0 Å². The maximum Gasteiger partial charge on any atom is 0.320 e. The Kier molecular flexibility index (Phi) is 6.76. The van der Waals surface area contributed by atoms with E-state index < -0.39 is 0 Å². The third kappa shape index (κ3) is 5.52. The second-order valence-corrected chi connectivity index (χ2v) is 4.74. The molecule has 0 aromatic heterocycles. The SMILES string of the molecule is CCOC(=O)CN(C)CCC(Cl)c1ccccc1. The lowest BCUT2D eigenvalue weighted by Crippen LogP contribution is -2.28. The Bertz CT molecular complexity index is 356. The molecule has 0 aliphatic carbocycles. The molecule has 1 aromatic carbocycles. The fraction of sp³-hybridized carbons (Fsp3) is 0.500. The first-order valence-electron chi connectivity index (χ1n) is 6.16. The largest absolute Gasteiger partial charge is 0.465 e. The molecule has 0 aliphatic rings. The van der Waals surface area contributed by atoms with Crippen molar-refractivity contribution < 1.29 is 9.53 Å². The van der Waals surface area contributed by atoms with Crippen molar-refractivity contribution in [3.63, 3.8) is 0 Å². The fourth-order valence-electron chi connectivity index (χ4n) is 1.67.